The maximum Gasteiger partial charge on any atom is 0.264 e. The molecule has 5 heteroatoms. The number of nitrogens with one attached hydrogen (secondary N) is 1. The average molecular weight is 305 g/mol. The monoisotopic (exact) mass is 305 g/mol. The summed E-state index contributed by atoms with van der Waals surface area (Å²) >= 11 is 0. The number of hydrogen-bond donors (Lipinski definition) is 1. The van der Waals surface area contributed by atoms with Crippen molar-refractivity contribution in [1.82, 2.24) is 4.72 Å². The molecular formula is C16H19NO3S. The molecule has 0 aliphatic rings. The van der Waals surface area contributed by atoms with Crippen LogP contribution in [-0.2, 0) is 14.8 Å². The number of rotatable bonds is 3. The molecule has 21 heavy (non-hydrogen) atoms. The smallest absolute Gasteiger partial charge is 0.264 e. The highest BCUT2D eigenvalue weighted by molar-refractivity contribution is 7.90. The lowest BCUT2D eigenvalue weighted by molar-refractivity contribution is -0.117. The van der Waals surface area contributed by atoms with Gasteiger partial charge in [0, 0.05) is 6.92 Å². The molecule has 2 aromatic rings. The summed E-state index contributed by atoms with van der Waals surface area (Å²) in [6, 6.07) is 15.9. The topological polar surface area (TPSA) is 63.2 Å². The molecule has 0 fully saturated rings. The Morgan fingerprint density at radius 2 is 1.48 bits per heavy atom. The van der Waals surface area contributed by atoms with Gasteiger partial charge in [-0.3, -0.25) is 4.79 Å². The molecule has 0 atom stereocenters. The number of carbonyl (C=O) groups excluding carboxylic acids is 1. The van der Waals surface area contributed by atoms with E-state index in [2.05, 4.69) is 0 Å². The summed E-state index contributed by atoms with van der Waals surface area (Å²) in [6.45, 7) is 5.17. The van der Waals surface area contributed by atoms with Crippen molar-refractivity contribution in [3.8, 4) is 11.1 Å². The highest BCUT2D eigenvalue weighted by atomic mass is 32.2. The van der Waals surface area contributed by atoms with E-state index >= 15 is 0 Å². The van der Waals surface area contributed by atoms with Gasteiger partial charge in [-0.1, -0.05) is 56.3 Å². The van der Waals surface area contributed by atoms with Gasteiger partial charge in [-0.15, -0.1) is 0 Å². The van der Waals surface area contributed by atoms with Crippen LogP contribution in [0.4, 0.5) is 0 Å². The van der Waals surface area contributed by atoms with E-state index < -0.39 is 15.9 Å². The fourth-order valence-corrected chi connectivity index (χ4v) is 2.76. The lowest BCUT2D eigenvalue weighted by Gasteiger charge is -2.07. The Bertz CT molecular complexity index is 694. The minimum atomic E-state index is -3.79. The molecule has 1 amide bonds. The van der Waals surface area contributed by atoms with Gasteiger partial charge in [-0.05, 0) is 23.3 Å². The first-order chi connectivity index (χ1) is 9.99. The van der Waals surface area contributed by atoms with Gasteiger partial charge in [0.15, 0.2) is 0 Å². The maximum atomic E-state index is 11.9. The Kier molecular flexibility index (Phi) is 6.11. The Balaban J connectivity index is 0.00000106. The Labute approximate surface area is 125 Å². The van der Waals surface area contributed by atoms with Gasteiger partial charge in [0.1, 0.15) is 0 Å². The molecule has 0 heterocycles. The first kappa shape index (κ1) is 16.9. The number of hydrogen-bond acceptors (Lipinski definition) is 3. The summed E-state index contributed by atoms with van der Waals surface area (Å²) in [5, 5.41) is 0. The third-order valence-corrected chi connectivity index (χ3v) is 3.96. The molecule has 0 saturated heterocycles. The molecule has 112 valence electrons. The second kappa shape index (κ2) is 7.59. The van der Waals surface area contributed by atoms with Gasteiger partial charge in [0.2, 0.25) is 5.91 Å². The first-order valence-electron chi connectivity index (χ1n) is 6.68. The summed E-state index contributed by atoms with van der Waals surface area (Å²) in [5.74, 6) is -0.606. The lowest BCUT2D eigenvalue weighted by atomic mass is 10.1. The SMILES string of the molecule is CC.CC(=O)NS(=O)(=O)c1cccc(-c2ccccc2)c1. The average Bonchev–Trinajstić information content (AvgIpc) is 2.49. The van der Waals surface area contributed by atoms with Gasteiger partial charge in [0.25, 0.3) is 10.0 Å². The molecule has 0 aliphatic heterocycles. The van der Waals surface area contributed by atoms with Crippen molar-refractivity contribution in [2.75, 3.05) is 0 Å². The van der Waals surface area contributed by atoms with E-state index in [1.807, 2.05) is 55.0 Å². The van der Waals surface area contributed by atoms with Crippen LogP contribution in [0, 0.1) is 0 Å². The van der Waals surface area contributed by atoms with Crippen molar-refractivity contribution in [2.45, 2.75) is 25.7 Å². The number of amides is 1. The van der Waals surface area contributed by atoms with Crippen molar-refractivity contribution < 1.29 is 13.2 Å². The summed E-state index contributed by atoms with van der Waals surface area (Å²) in [6.07, 6.45) is 0. The van der Waals surface area contributed by atoms with Crippen molar-refractivity contribution in [2.24, 2.45) is 0 Å². The van der Waals surface area contributed by atoms with Crippen LogP contribution in [0.2, 0.25) is 0 Å². The standard InChI is InChI=1S/C14H13NO3S.C2H6/c1-11(16)15-19(17,18)14-9-5-8-13(10-14)12-6-3-2-4-7-12;1-2/h2-10H,1H3,(H,15,16);1-2H3. The van der Waals surface area contributed by atoms with E-state index in [1.165, 1.54) is 13.0 Å². The summed E-state index contributed by atoms with van der Waals surface area (Å²) < 4.78 is 25.7. The molecule has 0 spiro atoms. The molecular weight excluding hydrogens is 286 g/mol. The zero-order valence-corrected chi connectivity index (χ0v) is 13.1. The van der Waals surface area contributed by atoms with E-state index in [9.17, 15) is 13.2 Å². The van der Waals surface area contributed by atoms with Gasteiger partial charge in [-0.2, -0.15) is 0 Å². The van der Waals surface area contributed by atoms with E-state index in [1.54, 1.807) is 12.1 Å². The predicted octanol–water partition coefficient (Wildman–Crippen LogP) is 3.20. The van der Waals surface area contributed by atoms with E-state index in [4.69, 9.17) is 0 Å². The third kappa shape index (κ3) is 4.72. The van der Waals surface area contributed by atoms with Crippen molar-refractivity contribution in [3.05, 3.63) is 54.6 Å². The van der Waals surface area contributed by atoms with Crippen molar-refractivity contribution >= 4 is 15.9 Å². The Morgan fingerprint density at radius 3 is 2.05 bits per heavy atom. The van der Waals surface area contributed by atoms with E-state index in [0.29, 0.717) is 0 Å². The van der Waals surface area contributed by atoms with Crippen molar-refractivity contribution in [3.63, 3.8) is 0 Å². The van der Waals surface area contributed by atoms with E-state index in [0.717, 1.165) is 11.1 Å². The minimum Gasteiger partial charge on any atom is -0.274 e. The van der Waals surface area contributed by atoms with Crippen LogP contribution in [0.15, 0.2) is 59.5 Å². The molecule has 0 saturated carbocycles. The van der Waals surface area contributed by atoms with Gasteiger partial charge >= 0.3 is 0 Å². The molecule has 0 aromatic heterocycles. The molecule has 2 rings (SSSR count). The van der Waals surface area contributed by atoms with Crippen LogP contribution in [0.1, 0.15) is 20.8 Å². The second-order valence-electron chi connectivity index (χ2n) is 4.06. The zero-order chi connectivity index (χ0) is 15.9. The van der Waals surface area contributed by atoms with E-state index in [-0.39, 0.29) is 4.90 Å². The molecule has 4 nitrogen and oxygen atoms in total. The summed E-state index contributed by atoms with van der Waals surface area (Å²) in [4.78, 5) is 11.0. The quantitative estimate of drug-likeness (QED) is 0.947. The van der Waals surface area contributed by atoms with Gasteiger partial charge in [0.05, 0.1) is 4.90 Å². The fraction of sp³-hybridized carbons (Fsp3) is 0.188. The molecule has 0 aliphatic carbocycles. The second-order valence-corrected chi connectivity index (χ2v) is 5.74. The first-order valence-corrected chi connectivity index (χ1v) is 8.16. The number of sulfonamides is 1. The van der Waals surface area contributed by atoms with Gasteiger partial charge in [-0.25, -0.2) is 13.1 Å². The summed E-state index contributed by atoms with van der Waals surface area (Å²) in [7, 11) is -3.79. The molecule has 2 aromatic carbocycles. The van der Waals surface area contributed by atoms with Crippen LogP contribution < -0.4 is 4.72 Å². The minimum absolute atomic E-state index is 0.0732. The number of benzene rings is 2. The van der Waals surface area contributed by atoms with Crippen LogP contribution in [0.25, 0.3) is 11.1 Å². The van der Waals surface area contributed by atoms with Crippen molar-refractivity contribution in [1.29, 1.82) is 0 Å². The van der Waals surface area contributed by atoms with Crippen LogP contribution in [0.3, 0.4) is 0 Å². The molecule has 0 bridgehead atoms. The van der Waals surface area contributed by atoms with Crippen LogP contribution in [0.5, 0.6) is 0 Å². The number of carbonyl (C=O) groups is 1. The van der Waals surface area contributed by atoms with Crippen LogP contribution in [-0.4, -0.2) is 14.3 Å². The normalized spacial score (nSPS) is 10.2. The van der Waals surface area contributed by atoms with Crippen LogP contribution >= 0.6 is 0 Å². The maximum absolute atomic E-state index is 11.9. The molecule has 0 radical (unpaired) electrons. The summed E-state index contributed by atoms with van der Waals surface area (Å²) in [5.41, 5.74) is 1.70. The molecule has 1 N–H and O–H groups in total. The highest BCUT2D eigenvalue weighted by Gasteiger charge is 2.15. The van der Waals surface area contributed by atoms with Gasteiger partial charge < -0.3 is 0 Å². The predicted molar refractivity (Wildman–Crippen MR) is 84.2 cm³/mol. The largest absolute Gasteiger partial charge is 0.274 e. The Hall–Kier alpha value is -2.14. The third-order valence-electron chi connectivity index (χ3n) is 2.53. The lowest BCUT2D eigenvalue weighted by Crippen LogP contribution is -2.28. The Morgan fingerprint density at radius 1 is 0.905 bits per heavy atom. The molecule has 0 unspecified atom stereocenters. The zero-order valence-electron chi connectivity index (χ0n) is 12.3. The fourth-order valence-electron chi connectivity index (χ4n) is 1.72. The highest BCUT2D eigenvalue weighted by Crippen LogP contribution is 2.21.